The van der Waals surface area contributed by atoms with Crippen molar-refractivity contribution in [2.45, 2.75) is 44.9 Å². The third kappa shape index (κ3) is 4.85. The van der Waals surface area contributed by atoms with Gasteiger partial charge < -0.3 is 5.32 Å². The van der Waals surface area contributed by atoms with Crippen molar-refractivity contribution in [3.05, 3.63) is 0 Å². The van der Waals surface area contributed by atoms with Crippen LogP contribution in [0.25, 0.3) is 0 Å². The van der Waals surface area contributed by atoms with Gasteiger partial charge in [-0.1, -0.05) is 12.8 Å². The van der Waals surface area contributed by atoms with Gasteiger partial charge in [-0.3, -0.25) is 4.79 Å². The molecule has 82 valence electrons. The minimum absolute atomic E-state index is 0.237. The largest absolute Gasteiger partial charge is 0.356 e. The summed E-state index contributed by atoms with van der Waals surface area (Å²) in [5.41, 5.74) is 0. The number of unbranched alkanes of at least 4 members (excludes halogenated alkanes) is 2. The van der Waals surface area contributed by atoms with Crippen LogP contribution < -0.4 is 5.32 Å². The molecule has 1 fully saturated rings. The fourth-order valence-electron chi connectivity index (χ4n) is 1.66. The maximum absolute atomic E-state index is 11.3. The van der Waals surface area contributed by atoms with Gasteiger partial charge in [-0.25, -0.2) is 0 Å². The van der Waals surface area contributed by atoms with Crippen LogP contribution in [0.3, 0.4) is 0 Å². The number of hydrogen-bond acceptors (Lipinski definition) is 1. The molecular formula is C11H20ClNO. The smallest absolute Gasteiger partial charge is 0.220 e. The van der Waals surface area contributed by atoms with E-state index in [1.165, 1.54) is 19.3 Å². The summed E-state index contributed by atoms with van der Waals surface area (Å²) >= 11 is 5.55. The second kappa shape index (κ2) is 7.10. The lowest BCUT2D eigenvalue weighted by molar-refractivity contribution is -0.122. The molecule has 1 rings (SSSR count). The Morgan fingerprint density at radius 2 is 2.07 bits per heavy atom. The molecule has 0 heterocycles. The van der Waals surface area contributed by atoms with Crippen LogP contribution in [0.2, 0.25) is 0 Å². The average molecular weight is 218 g/mol. The van der Waals surface area contributed by atoms with Crippen molar-refractivity contribution in [2.75, 3.05) is 12.4 Å². The summed E-state index contributed by atoms with van der Waals surface area (Å²) in [5, 5.41) is 2.96. The van der Waals surface area contributed by atoms with Crippen LogP contribution in [-0.4, -0.2) is 18.3 Å². The maximum Gasteiger partial charge on any atom is 0.220 e. The van der Waals surface area contributed by atoms with Crippen molar-refractivity contribution in [3.63, 3.8) is 0 Å². The van der Waals surface area contributed by atoms with Gasteiger partial charge in [0.15, 0.2) is 0 Å². The van der Waals surface area contributed by atoms with E-state index in [4.69, 9.17) is 11.6 Å². The number of nitrogens with one attached hydrogen (secondary N) is 1. The Bertz CT molecular complexity index is 169. The van der Waals surface area contributed by atoms with Gasteiger partial charge in [-0.05, 0) is 31.6 Å². The molecule has 0 aromatic carbocycles. The van der Waals surface area contributed by atoms with Gasteiger partial charge in [-0.2, -0.15) is 0 Å². The van der Waals surface area contributed by atoms with Crippen LogP contribution in [0, 0.1) is 5.92 Å². The highest BCUT2D eigenvalue weighted by molar-refractivity contribution is 6.17. The normalized spacial score (nSPS) is 16.4. The first-order valence-electron chi connectivity index (χ1n) is 5.65. The first-order chi connectivity index (χ1) is 6.83. The van der Waals surface area contributed by atoms with Gasteiger partial charge in [-0.15, -0.1) is 11.6 Å². The minimum Gasteiger partial charge on any atom is -0.356 e. The van der Waals surface area contributed by atoms with Crippen LogP contribution in [0.15, 0.2) is 0 Å². The first kappa shape index (κ1) is 11.8. The van der Waals surface area contributed by atoms with Gasteiger partial charge in [0.2, 0.25) is 5.91 Å². The van der Waals surface area contributed by atoms with Crippen molar-refractivity contribution >= 4 is 17.5 Å². The molecule has 0 aromatic heterocycles. The molecule has 0 radical (unpaired) electrons. The zero-order chi connectivity index (χ0) is 10.2. The fraction of sp³-hybridized carbons (Fsp3) is 0.909. The highest BCUT2D eigenvalue weighted by Gasteiger charge is 2.19. The van der Waals surface area contributed by atoms with Gasteiger partial charge >= 0.3 is 0 Å². The van der Waals surface area contributed by atoms with Crippen LogP contribution in [0.4, 0.5) is 0 Å². The maximum atomic E-state index is 11.3. The second-order valence-electron chi connectivity index (χ2n) is 4.10. The molecule has 0 aliphatic heterocycles. The summed E-state index contributed by atoms with van der Waals surface area (Å²) in [5.74, 6) is 1.65. The highest BCUT2D eigenvalue weighted by Crippen LogP contribution is 2.28. The Kier molecular flexibility index (Phi) is 6.00. The quantitative estimate of drug-likeness (QED) is 0.516. The Hall–Kier alpha value is -0.240. The number of carbonyl (C=O) groups excluding carboxylic acids is 1. The Morgan fingerprint density at radius 3 is 2.64 bits per heavy atom. The third-order valence-electron chi connectivity index (χ3n) is 2.83. The standard InChI is InChI=1S/C11H20ClNO/c12-7-2-1-3-8-13-11(14)9-10-5-4-6-10/h10H,1-9H2,(H,13,14). The molecule has 3 heteroatoms. The van der Waals surface area contributed by atoms with Gasteiger partial charge in [0, 0.05) is 18.8 Å². The molecule has 2 nitrogen and oxygen atoms in total. The number of amides is 1. The third-order valence-corrected chi connectivity index (χ3v) is 3.10. The lowest BCUT2D eigenvalue weighted by Gasteiger charge is -2.24. The van der Waals surface area contributed by atoms with E-state index in [9.17, 15) is 4.79 Å². The first-order valence-corrected chi connectivity index (χ1v) is 6.19. The van der Waals surface area contributed by atoms with E-state index in [0.29, 0.717) is 5.92 Å². The molecule has 1 aliphatic rings. The monoisotopic (exact) mass is 217 g/mol. The summed E-state index contributed by atoms with van der Waals surface area (Å²) in [7, 11) is 0. The number of halogens is 1. The lowest BCUT2D eigenvalue weighted by Crippen LogP contribution is -2.28. The predicted octanol–water partition coefficient (Wildman–Crippen LogP) is 2.70. The molecular weight excluding hydrogens is 198 g/mol. The topological polar surface area (TPSA) is 29.1 Å². The zero-order valence-corrected chi connectivity index (χ0v) is 9.48. The zero-order valence-electron chi connectivity index (χ0n) is 8.73. The lowest BCUT2D eigenvalue weighted by atomic mass is 9.83. The SMILES string of the molecule is O=C(CC1CCC1)NCCCCCCl. The van der Waals surface area contributed by atoms with E-state index in [0.717, 1.165) is 38.1 Å². The molecule has 1 saturated carbocycles. The van der Waals surface area contributed by atoms with E-state index < -0.39 is 0 Å². The Morgan fingerprint density at radius 1 is 1.29 bits per heavy atom. The van der Waals surface area contributed by atoms with E-state index >= 15 is 0 Å². The minimum atomic E-state index is 0.237. The van der Waals surface area contributed by atoms with E-state index in [-0.39, 0.29) is 5.91 Å². The summed E-state index contributed by atoms with van der Waals surface area (Å²) in [4.78, 5) is 11.3. The van der Waals surface area contributed by atoms with Crippen LogP contribution in [-0.2, 0) is 4.79 Å². The highest BCUT2D eigenvalue weighted by atomic mass is 35.5. The number of carbonyl (C=O) groups is 1. The van der Waals surface area contributed by atoms with Crippen molar-refractivity contribution < 1.29 is 4.79 Å². The molecule has 1 N–H and O–H groups in total. The average Bonchev–Trinajstić information content (AvgIpc) is 2.11. The Balaban J connectivity index is 1.87. The molecule has 0 bridgehead atoms. The van der Waals surface area contributed by atoms with Crippen molar-refractivity contribution in [1.82, 2.24) is 5.32 Å². The summed E-state index contributed by atoms with van der Waals surface area (Å²) in [6.07, 6.45) is 7.79. The van der Waals surface area contributed by atoms with Crippen LogP contribution in [0.1, 0.15) is 44.9 Å². The summed E-state index contributed by atoms with van der Waals surface area (Å²) in [6, 6.07) is 0. The Labute approximate surface area is 91.4 Å². The molecule has 1 amide bonds. The summed E-state index contributed by atoms with van der Waals surface area (Å²) in [6.45, 7) is 0.822. The molecule has 0 saturated heterocycles. The molecule has 0 atom stereocenters. The molecule has 0 spiro atoms. The van der Waals surface area contributed by atoms with Crippen molar-refractivity contribution in [1.29, 1.82) is 0 Å². The van der Waals surface area contributed by atoms with Gasteiger partial charge in [0.05, 0.1) is 0 Å². The van der Waals surface area contributed by atoms with Gasteiger partial charge in [0.1, 0.15) is 0 Å². The van der Waals surface area contributed by atoms with Gasteiger partial charge in [0.25, 0.3) is 0 Å². The van der Waals surface area contributed by atoms with E-state index in [2.05, 4.69) is 5.32 Å². The van der Waals surface area contributed by atoms with Crippen molar-refractivity contribution in [3.8, 4) is 0 Å². The predicted molar refractivity (Wildman–Crippen MR) is 59.5 cm³/mol. The molecule has 0 aromatic rings. The molecule has 0 unspecified atom stereocenters. The summed E-state index contributed by atoms with van der Waals surface area (Å²) < 4.78 is 0. The van der Waals surface area contributed by atoms with Crippen molar-refractivity contribution in [2.24, 2.45) is 5.92 Å². The fourth-order valence-corrected chi connectivity index (χ4v) is 1.84. The van der Waals surface area contributed by atoms with E-state index in [1.54, 1.807) is 0 Å². The second-order valence-corrected chi connectivity index (χ2v) is 4.48. The number of hydrogen-bond donors (Lipinski definition) is 1. The number of rotatable bonds is 7. The molecule has 14 heavy (non-hydrogen) atoms. The van der Waals surface area contributed by atoms with Crippen LogP contribution in [0.5, 0.6) is 0 Å². The van der Waals surface area contributed by atoms with Crippen LogP contribution >= 0.6 is 11.6 Å². The number of alkyl halides is 1. The molecule has 1 aliphatic carbocycles. The van der Waals surface area contributed by atoms with E-state index in [1.807, 2.05) is 0 Å².